The number of hydrogen-bond donors (Lipinski definition) is 0. The normalized spacial score (nSPS) is 20.2. The predicted molar refractivity (Wildman–Crippen MR) is 82.8 cm³/mol. The average Bonchev–Trinajstić information content (AvgIpc) is 3.37. The van der Waals surface area contributed by atoms with Gasteiger partial charge in [-0.1, -0.05) is 0 Å². The molecule has 0 aromatic carbocycles. The zero-order valence-corrected chi connectivity index (χ0v) is 13.2. The standard InChI is InChI=1S/C16H20ClN3O/c1-9(17)15-18-12-7-8-13(21-2)19-16(12)20(15)14(10-3-4-10)11-5-6-11/h7-11,14H,3-6H2,1-2H3. The van der Waals surface area contributed by atoms with Crippen LogP contribution in [0.3, 0.4) is 0 Å². The number of rotatable bonds is 5. The first kappa shape index (κ1) is 13.4. The van der Waals surface area contributed by atoms with E-state index in [1.807, 2.05) is 19.1 Å². The largest absolute Gasteiger partial charge is 0.481 e. The predicted octanol–water partition coefficient (Wildman–Crippen LogP) is 4.10. The van der Waals surface area contributed by atoms with Crippen LogP contribution in [-0.4, -0.2) is 21.6 Å². The van der Waals surface area contributed by atoms with Crippen molar-refractivity contribution in [1.82, 2.24) is 14.5 Å². The Morgan fingerprint density at radius 3 is 2.38 bits per heavy atom. The molecular weight excluding hydrogens is 286 g/mol. The lowest BCUT2D eigenvalue weighted by atomic mass is 10.1. The van der Waals surface area contributed by atoms with E-state index >= 15 is 0 Å². The fraction of sp³-hybridized carbons (Fsp3) is 0.625. The van der Waals surface area contributed by atoms with Gasteiger partial charge in [0.25, 0.3) is 0 Å². The van der Waals surface area contributed by atoms with Crippen molar-refractivity contribution in [2.75, 3.05) is 7.11 Å². The Bertz CT molecular complexity index is 661. The molecule has 2 fully saturated rings. The van der Waals surface area contributed by atoms with E-state index in [1.54, 1.807) is 7.11 Å². The third-order valence-corrected chi connectivity index (χ3v) is 4.81. The van der Waals surface area contributed by atoms with Gasteiger partial charge in [-0.25, -0.2) is 4.98 Å². The lowest BCUT2D eigenvalue weighted by Gasteiger charge is -2.21. The van der Waals surface area contributed by atoms with Gasteiger partial charge in [0.2, 0.25) is 5.88 Å². The highest BCUT2D eigenvalue weighted by molar-refractivity contribution is 6.20. The molecule has 2 aliphatic rings. The third-order valence-electron chi connectivity index (χ3n) is 4.61. The number of aromatic nitrogens is 3. The van der Waals surface area contributed by atoms with E-state index in [-0.39, 0.29) is 5.38 Å². The van der Waals surface area contributed by atoms with Gasteiger partial charge in [-0.2, -0.15) is 4.98 Å². The topological polar surface area (TPSA) is 39.9 Å². The number of halogens is 1. The fourth-order valence-corrected chi connectivity index (χ4v) is 3.50. The quantitative estimate of drug-likeness (QED) is 0.781. The maximum atomic E-state index is 6.41. The van der Waals surface area contributed by atoms with Crippen LogP contribution in [0.5, 0.6) is 5.88 Å². The zero-order valence-electron chi connectivity index (χ0n) is 12.4. The molecule has 4 nitrogen and oxygen atoms in total. The van der Waals surface area contributed by atoms with Crippen molar-refractivity contribution in [3.63, 3.8) is 0 Å². The van der Waals surface area contributed by atoms with E-state index < -0.39 is 0 Å². The van der Waals surface area contributed by atoms with E-state index in [4.69, 9.17) is 21.3 Å². The molecule has 0 aliphatic heterocycles. The number of methoxy groups -OCH3 is 1. The summed E-state index contributed by atoms with van der Waals surface area (Å²) in [5.41, 5.74) is 1.85. The van der Waals surface area contributed by atoms with Crippen molar-refractivity contribution in [2.24, 2.45) is 11.8 Å². The van der Waals surface area contributed by atoms with Gasteiger partial charge < -0.3 is 9.30 Å². The highest BCUT2D eigenvalue weighted by Crippen LogP contribution is 2.53. The Kier molecular flexibility index (Phi) is 3.10. The van der Waals surface area contributed by atoms with Crippen LogP contribution in [0.25, 0.3) is 11.2 Å². The van der Waals surface area contributed by atoms with Gasteiger partial charge in [-0.05, 0) is 50.5 Å². The van der Waals surface area contributed by atoms with E-state index in [1.165, 1.54) is 25.7 Å². The number of ether oxygens (including phenoxy) is 1. The second-order valence-electron chi connectivity index (χ2n) is 6.32. The fourth-order valence-electron chi connectivity index (χ4n) is 3.34. The third kappa shape index (κ3) is 2.30. The summed E-state index contributed by atoms with van der Waals surface area (Å²) in [6.07, 6.45) is 5.28. The molecule has 1 atom stereocenters. The SMILES string of the molecule is COc1ccc2nc(C(C)Cl)n(C(C3CC3)C3CC3)c2n1. The highest BCUT2D eigenvalue weighted by atomic mass is 35.5. The van der Waals surface area contributed by atoms with E-state index in [0.29, 0.717) is 11.9 Å². The Balaban J connectivity index is 1.91. The molecule has 0 radical (unpaired) electrons. The van der Waals surface area contributed by atoms with Crippen LogP contribution in [0.1, 0.15) is 49.9 Å². The van der Waals surface area contributed by atoms with E-state index in [2.05, 4.69) is 9.55 Å². The molecule has 0 bridgehead atoms. The minimum absolute atomic E-state index is 0.106. The van der Waals surface area contributed by atoms with Crippen molar-refractivity contribution < 1.29 is 4.74 Å². The van der Waals surface area contributed by atoms with Gasteiger partial charge in [0.15, 0.2) is 5.65 Å². The second kappa shape index (κ2) is 4.87. The van der Waals surface area contributed by atoms with Crippen LogP contribution in [0.2, 0.25) is 0 Å². The van der Waals surface area contributed by atoms with Gasteiger partial charge in [0, 0.05) is 12.1 Å². The number of nitrogens with zero attached hydrogens (tertiary/aromatic N) is 3. The molecule has 0 amide bonds. The molecule has 0 saturated heterocycles. The van der Waals surface area contributed by atoms with Crippen LogP contribution in [0, 0.1) is 11.8 Å². The van der Waals surface area contributed by atoms with Crippen molar-refractivity contribution in [3.05, 3.63) is 18.0 Å². The summed E-state index contributed by atoms with van der Waals surface area (Å²) in [6.45, 7) is 1.99. The molecular formula is C16H20ClN3O. The minimum atomic E-state index is -0.106. The zero-order chi connectivity index (χ0) is 14.6. The molecule has 4 rings (SSSR count). The van der Waals surface area contributed by atoms with Gasteiger partial charge in [0.1, 0.15) is 11.3 Å². The van der Waals surface area contributed by atoms with Crippen molar-refractivity contribution in [3.8, 4) is 5.88 Å². The van der Waals surface area contributed by atoms with Gasteiger partial charge in [-0.3, -0.25) is 0 Å². The van der Waals surface area contributed by atoms with Crippen LogP contribution < -0.4 is 4.74 Å². The smallest absolute Gasteiger partial charge is 0.215 e. The minimum Gasteiger partial charge on any atom is -0.481 e. The molecule has 2 aliphatic carbocycles. The van der Waals surface area contributed by atoms with Crippen LogP contribution in [-0.2, 0) is 0 Å². The highest BCUT2D eigenvalue weighted by Gasteiger charge is 2.44. The van der Waals surface area contributed by atoms with Gasteiger partial charge in [0.05, 0.1) is 12.5 Å². The van der Waals surface area contributed by atoms with Crippen molar-refractivity contribution in [2.45, 2.75) is 44.0 Å². The molecule has 2 saturated carbocycles. The van der Waals surface area contributed by atoms with Gasteiger partial charge >= 0.3 is 0 Å². The van der Waals surface area contributed by atoms with Crippen LogP contribution >= 0.6 is 11.6 Å². The first-order chi connectivity index (χ1) is 10.2. The molecule has 112 valence electrons. The Labute approximate surface area is 129 Å². The summed E-state index contributed by atoms with van der Waals surface area (Å²) in [6, 6.07) is 4.37. The Morgan fingerprint density at radius 1 is 1.19 bits per heavy atom. The molecule has 21 heavy (non-hydrogen) atoms. The molecule has 2 aromatic heterocycles. The molecule has 2 aromatic rings. The molecule has 5 heteroatoms. The molecule has 0 spiro atoms. The summed E-state index contributed by atoms with van der Waals surface area (Å²) < 4.78 is 7.62. The summed E-state index contributed by atoms with van der Waals surface area (Å²) in [4.78, 5) is 9.40. The number of pyridine rings is 1. The number of hydrogen-bond acceptors (Lipinski definition) is 3. The maximum absolute atomic E-state index is 6.41. The monoisotopic (exact) mass is 305 g/mol. The Morgan fingerprint density at radius 2 is 1.86 bits per heavy atom. The molecule has 1 unspecified atom stereocenters. The van der Waals surface area contributed by atoms with Crippen molar-refractivity contribution in [1.29, 1.82) is 0 Å². The number of alkyl halides is 1. The van der Waals surface area contributed by atoms with Crippen LogP contribution in [0.15, 0.2) is 12.1 Å². The first-order valence-electron chi connectivity index (χ1n) is 7.76. The van der Waals surface area contributed by atoms with E-state index in [0.717, 1.165) is 28.8 Å². The summed E-state index contributed by atoms with van der Waals surface area (Å²) in [5.74, 6) is 3.15. The average molecular weight is 306 g/mol. The van der Waals surface area contributed by atoms with Crippen molar-refractivity contribution >= 4 is 22.8 Å². The lowest BCUT2D eigenvalue weighted by molar-refractivity contribution is 0.383. The van der Waals surface area contributed by atoms with Gasteiger partial charge in [-0.15, -0.1) is 11.6 Å². The lowest BCUT2D eigenvalue weighted by Crippen LogP contribution is -2.17. The molecule has 2 heterocycles. The Hall–Kier alpha value is -1.29. The van der Waals surface area contributed by atoms with Crippen LogP contribution in [0.4, 0.5) is 0 Å². The molecule has 0 N–H and O–H groups in total. The summed E-state index contributed by atoms with van der Waals surface area (Å²) >= 11 is 6.41. The number of fused-ring (bicyclic) bond motifs is 1. The first-order valence-corrected chi connectivity index (χ1v) is 8.19. The summed E-state index contributed by atoms with van der Waals surface area (Å²) in [7, 11) is 1.65. The second-order valence-corrected chi connectivity index (χ2v) is 6.97. The maximum Gasteiger partial charge on any atom is 0.215 e. The van der Waals surface area contributed by atoms with E-state index in [9.17, 15) is 0 Å². The summed E-state index contributed by atoms with van der Waals surface area (Å²) in [5, 5.41) is -0.106. The number of imidazole rings is 1.